The molecule has 0 unspecified atom stereocenters. The van der Waals surface area contributed by atoms with Crippen molar-refractivity contribution in [2.75, 3.05) is 6.61 Å². The van der Waals surface area contributed by atoms with Gasteiger partial charge in [0, 0.05) is 11.1 Å². The number of esters is 1. The van der Waals surface area contributed by atoms with E-state index in [9.17, 15) is 9.59 Å². The molecule has 23 heavy (non-hydrogen) atoms. The third-order valence-corrected chi connectivity index (χ3v) is 3.00. The Morgan fingerprint density at radius 3 is 2.26 bits per heavy atom. The molecule has 5 nitrogen and oxygen atoms in total. The highest BCUT2D eigenvalue weighted by atomic mass is 16.6. The van der Waals surface area contributed by atoms with Crippen molar-refractivity contribution in [3.63, 3.8) is 0 Å². The van der Waals surface area contributed by atoms with Gasteiger partial charge in [-0.1, -0.05) is 30.3 Å². The van der Waals surface area contributed by atoms with E-state index in [0.717, 1.165) is 0 Å². The van der Waals surface area contributed by atoms with Gasteiger partial charge in [0.25, 0.3) is 0 Å². The molecule has 0 N–H and O–H groups in total. The molecule has 0 aliphatic carbocycles. The smallest absolute Gasteiger partial charge is 0.345 e. The Labute approximate surface area is 134 Å². The summed E-state index contributed by atoms with van der Waals surface area (Å²) in [6.07, 6.45) is -0.808. The first-order chi connectivity index (χ1) is 11.1. The Kier molecular flexibility index (Phi) is 5.48. The van der Waals surface area contributed by atoms with E-state index in [1.54, 1.807) is 54.6 Å². The van der Waals surface area contributed by atoms with Gasteiger partial charge in [-0.15, -0.1) is 0 Å². The van der Waals surface area contributed by atoms with Gasteiger partial charge < -0.3 is 9.47 Å². The van der Waals surface area contributed by atoms with Gasteiger partial charge in [-0.3, -0.25) is 4.79 Å². The highest BCUT2D eigenvalue weighted by Gasteiger charge is 2.11. The van der Waals surface area contributed by atoms with Crippen molar-refractivity contribution < 1.29 is 19.1 Å². The van der Waals surface area contributed by atoms with Crippen LogP contribution in [0.15, 0.2) is 54.6 Å². The molecule has 0 spiro atoms. The summed E-state index contributed by atoms with van der Waals surface area (Å²) >= 11 is 0. The largest absolute Gasteiger partial charge is 0.482 e. The summed E-state index contributed by atoms with van der Waals surface area (Å²) in [5.74, 6) is -0.265. The Morgan fingerprint density at radius 1 is 1.04 bits per heavy atom. The molecular weight excluding hydrogens is 294 g/mol. The van der Waals surface area contributed by atoms with E-state index in [2.05, 4.69) is 0 Å². The van der Waals surface area contributed by atoms with Crippen LogP contribution in [-0.2, 0) is 9.53 Å². The molecule has 0 aromatic heterocycles. The van der Waals surface area contributed by atoms with E-state index in [1.165, 1.54) is 6.92 Å². The van der Waals surface area contributed by atoms with Gasteiger partial charge in [-0.25, -0.2) is 4.79 Å². The summed E-state index contributed by atoms with van der Waals surface area (Å²) in [7, 11) is 0. The van der Waals surface area contributed by atoms with Crippen LogP contribution in [0.2, 0.25) is 0 Å². The lowest BCUT2D eigenvalue weighted by Gasteiger charge is -2.08. The van der Waals surface area contributed by atoms with Gasteiger partial charge in [0.2, 0.25) is 0 Å². The minimum Gasteiger partial charge on any atom is -0.482 e. The standard InChI is InChI=1S/C18H15NO4/c1-13(11-19)23-17(20)12-22-16-9-7-15(8-10-16)18(21)14-5-3-2-4-6-14/h2-10,13H,12H2,1H3/t13-/m0/s1. The second-order valence-corrected chi connectivity index (χ2v) is 4.77. The molecule has 0 aliphatic rings. The first-order valence-electron chi connectivity index (χ1n) is 7.02. The average molecular weight is 309 g/mol. The third-order valence-electron chi connectivity index (χ3n) is 3.00. The molecule has 0 saturated heterocycles. The number of nitriles is 1. The average Bonchev–Trinajstić information content (AvgIpc) is 2.60. The van der Waals surface area contributed by atoms with Gasteiger partial charge in [-0.2, -0.15) is 5.26 Å². The number of ether oxygens (including phenoxy) is 2. The lowest BCUT2D eigenvalue weighted by molar-refractivity contribution is -0.148. The van der Waals surface area contributed by atoms with Gasteiger partial charge in [0.05, 0.1) is 0 Å². The van der Waals surface area contributed by atoms with E-state index < -0.39 is 12.1 Å². The molecule has 0 fully saturated rings. The summed E-state index contributed by atoms with van der Waals surface area (Å²) in [5.41, 5.74) is 1.14. The molecule has 2 rings (SSSR count). The fourth-order valence-corrected chi connectivity index (χ4v) is 1.86. The van der Waals surface area contributed by atoms with Gasteiger partial charge in [-0.05, 0) is 31.2 Å². The number of carbonyl (C=O) groups is 2. The molecular formula is C18H15NO4. The lowest BCUT2D eigenvalue weighted by Crippen LogP contribution is -2.19. The second-order valence-electron chi connectivity index (χ2n) is 4.77. The van der Waals surface area contributed by atoms with Crippen molar-refractivity contribution in [3.8, 4) is 11.8 Å². The van der Waals surface area contributed by atoms with Crippen molar-refractivity contribution >= 4 is 11.8 Å². The lowest BCUT2D eigenvalue weighted by atomic mass is 10.0. The number of nitrogens with zero attached hydrogens (tertiary/aromatic N) is 1. The Balaban J connectivity index is 1.94. The Bertz CT molecular complexity index is 717. The minimum atomic E-state index is -0.808. The van der Waals surface area contributed by atoms with E-state index in [4.69, 9.17) is 14.7 Å². The van der Waals surface area contributed by atoms with Crippen molar-refractivity contribution in [2.45, 2.75) is 13.0 Å². The monoisotopic (exact) mass is 309 g/mol. The summed E-state index contributed by atoms with van der Waals surface area (Å²) in [6.45, 7) is 1.18. The van der Waals surface area contributed by atoms with Crippen LogP contribution >= 0.6 is 0 Å². The van der Waals surface area contributed by atoms with Crippen molar-refractivity contribution in [3.05, 3.63) is 65.7 Å². The Morgan fingerprint density at radius 2 is 1.65 bits per heavy atom. The molecule has 0 aliphatic heterocycles. The van der Waals surface area contributed by atoms with Gasteiger partial charge in [0.1, 0.15) is 11.8 Å². The molecule has 0 heterocycles. The minimum absolute atomic E-state index is 0.0839. The molecule has 1 atom stereocenters. The Hall–Kier alpha value is -3.13. The topological polar surface area (TPSA) is 76.4 Å². The summed E-state index contributed by atoms with van der Waals surface area (Å²) < 4.78 is 10.0. The highest BCUT2D eigenvalue weighted by molar-refractivity contribution is 6.08. The van der Waals surface area contributed by atoms with E-state index in [-0.39, 0.29) is 12.4 Å². The molecule has 5 heteroatoms. The third kappa shape index (κ3) is 4.68. The first-order valence-corrected chi connectivity index (χ1v) is 7.02. The van der Waals surface area contributed by atoms with Crippen LogP contribution in [0.5, 0.6) is 5.75 Å². The van der Waals surface area contributed by atoms with Crippen molar-refractivity contribution in [2.24, 2.45) is 0 Å². The van der Waals surface area contributed by atoms with Crippen LogP contribution < -0.4 is 4.74 Å². The fraction of sp³-hybridized carbons (Fsp3) is 0.167. The number of hydrogen-bond acceptors (Lipinski definition) is 5. The van der Waals surface area contributed by atoms with Crippen molar-refractivity contribution in [1.29, 1.82) is 5.26 Å². The highest BCUT2D eigenvalue weighted by Crippen LogP contribution is 2.15. The molecule has 2 aromatic carbocycles. The van der Waals surface area contributed by atoms with Crippen molar-refractivity contribution in [1.82, 2.24) is 0 Å². The number of hydrogen-bond donors (Lipinski definition) is 0. The molecule has 0 bridgehead atoms. The number of rotatable bonds is 6. The summed E-state index contributed by atoms with van der Waals surface area (Å²) in [6, 6.07) is 17.2. The van der Waals surface area contributed by atoms with E-state index in [0.29, 0.717) is 16.9 Å². The van der Waals surface area contributed by atoms with Crippen LogP contribution in [0, 0.1) is 11.3 Å². The summed E-state index contributed by atoms with van der Waals surface area (Å²) in [4.78, 5) is 23.6. The van der Waals surface area contributed by atoms with E-state index >= 15 is 0 Å². The normalized spacial score (nSPS) is 11.1. The van der Waals surface area contributed by atoms with E-state index in [1.807, 2.05) is 6.07 Å². The number of carbonyl (C=O) groups excluding carboxylic acids is 2. The zero-order valence-electron chi connectivity index (χ0n) is 12.6. The van der Waals surface area contributed by atoms with Crippen LogP contribution in [0.3, 0.4) is 0 Å². The molecule has 2 aromatic rings. The predicted octanol–water partition coefficient (Wildman–Crippen LogP) is 2.75. The number of benzene rings is 2. The summed E-state index contributed by atoms with van der Waals surface area (Å²) in [5, 5.41) is 8.55. The SMILES string of the molecule is C[C@@H](C#N)OC(=O)COc1ccc(C(=O)c2ccccc2)cc1. The van der Waals surface area contributed by atoms with Crippen LogP contribution in [-0.4, -0.2) is 24.5 Å². The molecule has 116 valence electrons. The molecule has 0 amide bonds. The quantitative estimate of drug-likeness (QED) is 0.606. The molecule has 0 saturated carbocycles. The predicted molar refractivity (Wildman–Crippen MR) is 83.0 cm³/mol. The van der Waals surface area contributed by atoms with Gasteiger partial charge in [0.15, 0.2) is 18.5 Å². The van der Waals surface area contributed by atoms with Crippen LogP contribution in [0.4, 0.5) is 0 Å². The fourth-order valence-electron chi connectivity index (χ4n) is 1.86. The second kappa shape index (κ2) is 7.76. The maximum atomic E-state index is 12.2. The van der Waals surface area contributed by atoms with Crippen LogP contribution in [0.1, 0.15) is 22.8 Å². The zero-order valence-corrected chi connectivity index (χ0v) is 12.6. The molecule has 0 radical (unpaired) electrons. The van der Waals surface area contributed by atoms with Gasteiger partial charge >= 0.3 is 5.97 Å². The maximum absolute atomic E-state index is 12.2. The first kappa shape index (κ1) is 16.2. The number of ketones is 1. The zero-order chi connectivity index (χ0) is 16.7. The van der Waals surface area contributed by atoms with Crippen LogP contribution in [0.25, 0.3) is 0 Å². The maximum Gasteiger partial charge on any atom is 0.345 e.